The van der Waals surface area contributed by atoms with Crippen LogP contribution in [0.2, 0.25) is 0 Å². The molecule has 0 unspecified atom stereocenters. The van der Waals surface area contributed by atoms with E-state index in [9.17, 15) is 0 Å². The fraction of sp³-hybridized carbons (Fsp3) is 0.278. The Hall–Kier alpha value is -2.73. The Bertz CT molecular complexity index is 776. The highest BCUT2D eigenvalue weighted by molar-refractivity contribution is 5.37. The minimum atomic E-state index is 0.199. The van der Waals surface area contributed by atoms with Crippen LogP contribution in [0.5, 0.6) is 5.75 Å². The fourth-order valence-electron chi connectivity index (χ4n) is 2.99. The van der Waals surface area contributed by atoms with Gasteiger partial charge in [-0.2, -0.15) is 0 Å². The first-order valence-corrected chi connectivity index (χ1v) is 8.11. The van der Waals surface area contributed by atoms with Crippen LogP contribution in [0.15, 0.2) is 54.9 Å². The minimum Gasteiger partial charge on any atom is -0.488 e. The zero-order valence-corrected chi connectivity index (χ0v) is 13.5. The number of hydrogen-bond donors (Lipinski definition) is 1. The molecule has 2 atom stereocenters. The van der Waals surface area contributed by atoms with Crippen molar-refractivity contribution < 1.29 is 4.74 Å². The molecular formula is C18H19N5O. The standard InChI is InChI=1S/C18H19N5O/c1-13(14-6-8-16(9-7-14)23-12-20-21-22-23)19-11-17-10-15-4-2-3-5-18(15)24-17/h2-9,12-13,17,19H,10-11H2,1H3/t13-,17-/m0/s1. The molecule has 1 aromatic heterocycles. The van der Waals surface area contributed by atoms with Crippen molar-refractivity contribution in [2.24, 2.45) is 0 Å². The summed E-state index contributed by atoms with van der Waals surface area (Å²) in [6.07, 6.45) is 2.75. The van der Waals surface area contributed by atoms with E-state index in [1.165, 1.54) is 11.1 Å². The third-order valence-electron chi connectivity index (χ3n) is 4.37. The van der Waals surface area contributed by atoms with E-state index in [1.807, 2.05) is 24.3 Å². The molecule has 0 bridgehead atoms. The molecule has 0 radical (unpaired) electrons. The van der Waals surface area contributed by atoms with Gasteiger partial charge in [0, 0.05) is 19.0 Å². The lowest BCUT2D eigenvalue weighted by atomic mass is 10.1. The van der Waals surface area contributed by atoms with Crippen molar-refractivity contribution in [3.8, 4) is 11.4 Å². The second kappa shape index (κ2) is 6.41. The minimum absolute atomic E-state index is 0.199. The third kappa shape index (κ3) is 3.00. The highest BCUT2D eigenvalue weighted by Gasteiger charge is 2.22. The van der Waals surface area contributed by atoms with Gasteiger partial charge >= 0.3 is 0 Å². The van der Waals surface area contributed by atoms with Gasteiger partial charge in [0.1, 0.15) is 18.2 Å². The number of rotatable bonds is 5. The summed E-state index contributed by atoms with van der Waals surface area (Å²) in [5.41, 5.74) is 3.47. The van der Waals surface area contributed by atoms with Gasteiger partial charge in [-0.25, -0.2) is 4.68 Å². The van der Waals surface area contributed by atoms with Crippen LogP contribution in [0.1, 0.15) is 24.1 Å². The number of nitrogens with zero attached hydrogens (tertiary/aromatic N) is 4. The Morgan fingerprint density at radius 2 is 2.04 bits per heavy atom. The molecular weight excluding hydrogens is 302 g/mol. The van der Waals surface area contributed by atoms with Gasteiger partial charge in [0.2, 0.25) is 0 Å². The number of ether oxygens (including phenoxy) is 1. The second-order valence-electron chi connectivity index (χ2n) is 6.03. The lowest BCUT2D eigenvalue weighted by Gasteiger charge is -2.18. The number of fused-ring (bicyclic) bond motifs is 1. The third-order valence-corrected chi connectivity index (χ3v) is 4.37. The van der Waals surface area contributed by atoms with E-state index < -0.39 is 0 Å². The van der Waals surface area contributed by atoms with Gasteiger partial charge in [0.25, 0.3) is 0 Å². The zero-order chi connectivity index (χ0) is 16.4. The molecule has 2 aromatic carbocycles. The first-order valence-electron chi connectivity index (χ1n) is 8.11. The summed E-state index contributed by atoms with van der Waals surface area (Å²) in [5.74, 6) is 1.02. The Morgan fingerprint density at radius 1 is 1.21 bits per heavy atom. The number of nitrogens with one attached hydrogen (secondary N) is 1. The molecule has 1 aliphatic rings. The molecule has 0 spiro atoms. The predicted octanol–water partition coefficient (Wildman–Crippen LogP) is 2.32. The van der Waals surface area contributed by atoms with Crippen molar-refractivity contribution in [2.75, 3.05) is 6.54 Å². The van der Waals surface area contributed by atoms with E-state index >= 15 is 0 Å². The fourth-order valence-corrected chi connectivity index (χ4v) is 2.99. The summed E-state index contributed by atoms with van der Waals surface area (Å²) in [5, 5.41) is 14.8. The second-order valence-corrected chi connectivity index (χ2v) is 6.03. The van der Waals surface area contributed by atoms with Crippen LogP contribution in [0.3, 0.4) is 0 Å². The highest BCUT2D eigenvalue weighted by atomic mass is 16.5. The van der Waals surface area contributed by atoms with Crippen molar-refractivity contribution in [1.29, 1.82) is 0 Å². The van der Waals surface area contributed by atoms with E-state index in [-0.39, 0.29) is 12.1 Å². The smallest absolute Gasteiger partial charge is 0.143 e. The molecule has 0 saturated heterocycles. The molecule has 0 aliphatic carbocycles. The number of hydrogen-bond acceptors (Lipinski definition) is 5. The van der Waals surface area contributed by atoms with Crippen molar-refractivity contribution in [3.05, 3.63) is 66.0 Å². The van der Waals surface area contributed by atoms with Gasteiger partial charge in [0.15, 0.2) is 0 Å². The number of benzene rings is 2. The van der Waals surface area contributed by atoms with E-state index in [4.69, 9.17) is 4.74 Å². The highest BCUT2D eigenvalue weighted by Crippen LogP contribution is 2.28. The normalized spacial score (nSPS) is 17.3. The molecule has 6 nitrogen and oxygen atoms in total. The van der Waals surface area contributed by atoms with Gasteiger partial charge in [-0.3, -0.25) is 0 Å². The summed E-state index contributed by atoms with van der Waals surface area (Å²) in [6.45, 7) is 2.98. The van der Waals surface area contributed by atoms with Crippen LogP contribution in [0.4, 0.5) is 0 Å². The quantitative estimate of drug-likeness (QED) is 0.781. The summed E-state index contributed by atoms with van der Waals surface area (Å²) in [7, 11) is 0. The van der Waals surface area contributed by atoms with Gasteiger partial charge in [-0.15, -0.1) is 5.10 Å². The Morgan fingerprint density at radius 3 is 2.79 bits per heavy atom. The van der Waals surface area contributed by atoms with Crippen molar-refractivity contribution >= 4 is 0 Å². The van der Waals surface area contributed by atoms with Gasteiger partial charge in [-0.05, 0) is 46.7 Å². The molecule has 0 amide bonds. The van der Waals surface area contributed by atoms with Crippen LogP contribution in [-0.2, 0) is 6.42 Å². The SMILES string of the molecule is C[C@H](NC[C@@H]1Cc2ccccc2O1)c1ccc(-n2cnnn2)cc1. The molecule has 122 valence electrons. The zero-order valence-electron chi connectivity index (χ0n) is 13.5. The van der Waals surface area contributed by atoms with E-state index in [1.54, 1.807) is 11.0 Å². The van der Waals surface area contributed by atoms with Gasteiger partial charge in [-0.1, -0.05) is 30.3 Å². The Balaban J connectivity index is 1.34. The van der Waals surface area contributed by atoms with Crippen LogP contribution in [0.25, 0.3) is 5.69 Å². The van der Waals surface area contributed by atoms with Crippen LogP contribution in [-0.4, -0.2) is 32.9 Å². The van der Waals surface area contributed by atoms with Crippen LogP contribution in [0, 0.1) is 0 Å². The molecule has 4 rings (SSSR count). The topological polar surface area (TPSA) is 64.9 Å². The van der Waals surface area contributed by atoms with Crippen molar-refractivity contribution in [1.82, 2.24) is 25.5 Å². The van der Waals surface area contributed by atoms with Crippen molar-refractivity contribution in [2.45, 2.75) is 25.5 Å². The molecule has 0 fully saturated rings. The first-order chi connectivity index (χ1) is 11.8. The van der Waals surface area contributed by atoms with Crippen LogP contribution < -0.4 is 10.1 Å². The maximum atomic E-state index is 5.97. The molecule has 1 N–H and O–H groups in total. The van der Waals surface area contributed by atoms with E-state index in [2.05, 4.69) is 52.0 Å². The summed E-state index contributed by atoms with van der Waals surface area (Å²) >= 11 is 0. The summed E-state index contributed by atoms with van der Waals surface area (Å²) < 4.78 is 7.62. The molecule has 0 saturated carbocycles. The van der Waals surface area contributed by atoms with E-state index in [0.29, 0.717) is 0 Å². The lowest BCUT2D eigenvalue weighted by Crippen LogP contribution is -2.31. The Kier molecular flexibility index (Phi) is 3.96. The monoisotopic (exact) mass is 321 g/mol. The van der Waals surface area contributed by atoms with Gasteiger partial charge in [0.05, 0.1) is 5.69 Å². The molecule has 1 aliphatic heterocycles. The summed E-state index contributed by atoms with van der Waals surface area (Å²) in [6, 6.07) is 16.7. The van der Waals surface area contributed by atoms with E-state index in [0.717, 1.165) is 24.4 Å². The van der Waals surface area contributed by atoms with Crippen molar-refractivity contribution in [3.63, 3.8) is 0 Å². The molecule has 6 heteroatoms. The summed E-state index contributed by atoms with van der Waals surface area (Å²) in [4.78, 5) is 0. The molecule has 24 heavy (non-hydrogen) atoms. The molecule has 3 aromatic rings. The average molecular weight is 321 g/mol. The maximum absolute atomic E-state index is 5.97. The first kappa shape index (κ1) is 14.8. The number of para-hydroxylation sites is 1. The van der Waals surface area contributed by atoms with Gasteiger partial charge < -0.3 is 10.1 Å². The maximum Gasteiger partial charge on any atom is 0.143 e. The molecule has 2 heterocycles. The average Bonchev–Trinajstić information content (AvgIpc) is 3.29. The predicted molar refractivity (Wildman–Crippen MR) is 90.1 cm³/mol. The largest absolute Gasteiger partial charge is 0.488 e. The number of aromatic nitrogens is 4. The number of tetrazole rings is 1. The Labute approximate surface area is 140 Å². The lowest BCUT2D eigenvalue weighted by molar-refractivity contribution is 0.222. The van der Waals surface area contributed by atoms with Crippen LogP contribution >= 0.6 is 0 Å².